The molecule has 10 aromatic rings. The van der Waals surface area contributed by atoms with Crippen LogP contribution < -0.4 is 0 Å². The Bertz CT molecular complexity index is 2830. The second kappa shape index (κ2) is 11.9. The molecule has 0 atom stereocenters. The van der Waals surface area contributed by atoms with Crippen molar-refractivity contribution in [3.05, 3.63) is 216 Å². The Morgan fingerprint density at radius 3 is 0.945 bits per heavy atom. The SMILES string of the molecule is Oc1ccc(C2(c3ccc(O)cc3)c3c(cccc3-c3c4ccccc4cc4ccccc34)-c3cccc(-c4c5ccccc5cc5ccccc45)c32)cc1. The third kappa shape index (κ3) is 4.49. The largest absolute Gasteiger partial charge is 0.508 e. The number of hydrogen-bond acceptors (Lipinski definition) is 2. The molecule has 55 heavy (non-hydrogen) atoms. The molecule has 1 aliphatic carbocycles. The molecule has 0 radical (unpaired) electrons. The molecular weight excluding hydrogens is 669 g/mol. The second-order valence-electron chi connectivity index (χ2n) is 14.7. The number of rotatable bonds is 4. The van der Waals surface area contributed by atoms with Crippen LogP contribution in [0, 0.1) is 0 Å². The highest BCUT2D eigenvalue weighted by molar-refractivity contribution is 6.17. The number of fused-ring (bicyclic) bond motifs is 7. The first-order chi connectivity index (χ1) is 27.1. The highest BCUT2D eigenvalue weighted by Crippen LogP contribution is 2.62. The Balaban J connectivity index is 1.38. The van der Waals surface area contributed by atoms with Gasteiger partial charge in [-0.25, -0.2) is 0 Å². The minimum Gasteiger partial charge on any atom is -0.508 e. The van der Waals surface area contributed by atoms with Gasteiger partial charge in [0.15, 0.2) is 0 Å². The number of aromatic hydroxyl groups is 2. The lowest BCUT2D eigenvalue weighted by molar-refractivity contribution is 0.475. The highest BCUT2D eigenvalue weighted by Gasteiger charge is 2.49. The molecule has 11 rings (SSSR count). The summed E-state index contributed by atoms with van der Waals surface area (Å²) in [6.07, 6.45) is 0. The molecule has 0 amide bonds. The van der Waals surface area contributed by atoms with Crippen molar-refractivity contribution in [3.8, 4) is 44.9 Å². The maximum atomic E-state index is 10.8. The molecular formula is C53H34O2. The predicted molar refractivity (Wildman–Crippen MR) is 228 cm³/mol. The van der Waals surface area contributed by atoms with Gasteiger partial charge in [-0.15, -0.1) is 0 Å². The Labute approximate surface area is 318 Å². The van der Waals surface area contributed by atoms with E-state index in [4.69, 9.17) is 0 Å². The zero-order valence-electron chi connectivity index (χ0n) is 29.9. The molecule has 10 aromatic carbocycles. The first-order valence-electron chi connectivity index (χ1n) is 18.8. The summed E-state index contributed by atoms with van der Waals surface area (Å²) in [6, 6.07) is 68.5. The Morgan fingerprint density at radius 2 is 0.600 bits per heavy atom. The number of phenols is 2. The van der Waals surface area contributed by atoms with Crippen molar-refractivity contribution in [2.24, 2.45) is 0 Å². The number of benzene rings is 10. The van der Waals surface area contributed by atoms with Crippen molar-refractivity contribution >= 4 is 43.1 Å². The molecule has 2 nitrogen and oxygen atoms in total. The van der Waals surface area contributed by atoms with Gasteiger partial charge in [-0.2, -0.15) is 0 Å². The maximum Gasteiger partial charge on any atom is 0.115 e. The normalized spacial score (nSPS) is 13.0. The van der Waals surface area contributed by atoms with Crippen molar-refractivity contribution in [3.63, 3.8) is 0 Å². The molecule has 0 saturated carbocycles. The van der Waals surface area contributed by atoms with Gasteiger partial charge < -0.3 is 10.2 Å². The molecule has 2 heteroatoms. The smallest absolute Gasteiger partial charge is 0.115 e. The van der Waals surface area contributed by atoms with E-state index in [9.17, 15) is 10.2 Å². The van der Waals surface area contributed by atoms with E-state index in [2.05, 4.69) is 170 Å². The summed E-state index contributed by atoms with van der Waals surface area (Å²) in [5.41, 5.74) is 10.6. The van der Waals surface area contributed by atoms with Crippen LogP contribution >= 0.6 is 0 Å². The Kier molecular flexibility index (Phi) is 6.80. The summed E-state index contributed by atoms with van der Waals surface area (Å²) in [6.45, 7) is 0. The summed E-state index contributed by atoms with van der Waals surface area (Å²) < 4.78 is 0. The van der Waals surface area contributed by atoms with Gasteiger partial charge in [0.2, 0.25) is 0 Å². The summed E-state index contributed by atoms with van der Waals surface area (Å²) in [5, 5.41) is 31.1. The fourth-order valence-corrected chi connectivity index (χ4v) is 9.68. The molecule has 0 bridgehead atoms. The van der Waals surface area contributed by atoms with Crippen LogP contribution in [0.1, 0.15) is 22.3 Å². The van der Waals surface area contributed by atoms with E-state index in [0.29, 0.717) is 0 Å². The summed E-state index contributed by atoms with van der Waals surface area (Å²) in [5.74, 6) is 0.425. The van der Waals surface area contributed by atoms with Gasteiger partial charge in [-0.1, -0.05) is 158 Å². The van der Waals surface area contributed by atoms with Crippen LogP contribution in [0.15, 0.2) is 194 Å². The molecule has 0 aliphatic heterocycles. The fraction of sp³-hybridized carbons (Fsp3) is 0.0189. The summed E-state index contributed by atoms with van der Waals surface area (Å²) in [7, 11) is 0. The maximum absolute atomic E-state index is 10.8. The minimum absolute atomic E-state index is 0.213. The quantitative estimate of drug-likeness (QED) is 0.179. The van der Waals surface area contributed by atoms with E-state index in [0.717, 1.165) is 33.4 Å². The van der Waals surface area contributed by atoms with Crippen molar-refractivity contribution in [2.45, 2.75) is 5.41 Å². The van der Waals surface area contributed by atoms with Crippen molar-refractivity contribution < 1.29 is 10.2 Å². The molecule has 2 N–H and O–H groups in total. The molecule has 0 fully saturated rings. The number of phenolic OH excluding ortho intramolecular Hbond substituents is 2. The molecule has 0 heterocycles. The summed E-state index contributed by atoms with van der Waals surface area (Å²) in [4.78, 5) is 0. The lowest BCUT2D eigenvalue weighted by Crippen LogP contribution is -2.30. The predicted octanol–water partition coefficient (Wildman–Crippen LogP) is 13.4. The van der Waals surface area contributed by atoms with E-state index in [1.807, 2.05) is 0 Å². The van der Waals surface area contributed by atoms with E-state index in [1.165, 1.54) is 65.3 Å². The van der Waals surface area contributed by atoms with Gasteiger partial charge in [0.25, 0.3) is 0 Å². The molecule has 0 unspecified atom stereocenters. The third-order valence-corrected chi connectivity index (χ3v) is 11.9. The number of hydrogen-bond donors (Lipinski definition) is 2. The van der Waals surface area contributed by atoms with Gasteiger partial charge in [0.1, 0.15) is 11.5 Å². The Morgan fingerprint density at radius 1 is 0.291 bits per heavy atom. The monoisotopic (exact) mass is 702 g/mol. The van der Waals surface area contributed by atoms with Gasteiger partial charge >= 0.3 is 0 Å². The van der Waals surface area contributed by atoms with Crippen molar-refractivity contribution in [1.82, 2.24) is 0 Å². The van der Waals surface area contributed by atoms with E-state index >= 15 is 0 Å². The first kappa shape index (κ1) is 31.4. The van der Waals surface area contributed by atoms with Crippen LogP contribution in [-0.2, 0) is 5.41 Å². The lowest BCUT2D eigenvalue weighted by Gasteiger charge is -2.37. The van der Waals surface area contributed by atoms with E-state index < -0.39 is 5.41 Å². The van der Waals surface area contributed by atoms with Crippen molar-refractivity contribution in [1.29, 1.82) is 0 Å². The average Bonchev–Trinajstić information content (AvgIpc) is 3.54. The molecule has 0 spiro atoms. The third-order valence-electron chi connectivity index (χ3n) is 11.9. The summed E-state index contributed by atoms with van der Waals surface area (Å²) >= 11 is 0. The Hall–Kier alpha value is -7.16. The molecule has 0 saturated heterocycles. The molecule has 1 aliphatic rings. The van der Waals surface area contributed by atoms with Crippen LogP contribution in [0.4, 0.5) is 0 Å². The van der Waals surface area contributed by atoms with Crippen LogP contribution in [0.5, 0.6) is 11.5 Å². The van der Waals surface area contributed by atoms with E-state index in [-0.39, 0.29) is 11.5 Å². The van der Waals surface area contributed by atoms with Gasteiger partial charge in [-0.05, 0) is 135 Å². The zero-order chi connectivity index (χ0) is 36.7. The highest BCUT2D eigenvalue weighted by atomic mass is 16.3. The first-order valence-corrected chi connectivity index (χ1v) is 18.8. The fourth-order valence-electron chi connectivity index (χ4n) is 9.68. The average molecular weight is 703 g/mol. The van der Waals surface area contributed by atoms with Crippen LogP contribution in [0.25, 0.3) is 76.5 Å². The second-order valence-corrected chi connectivity index (χ2v) is 14.7. The van der Waals surface area contributed by atoms with E-state index in [1.54, 1.807) is 24.3 Å². The van der Waals surface area contributed by atoms with Crippen molar-refractivity contribution in [2.75, 3.05) is 0 Å². The van der Waals surface area contributed by atoms with Crippen LogP contribution in [0.3, 0.4) is 0 Å². The lowest BCUT2D eigenvalue weighted by atomic mass is 9.64. The molecule has 258 valence electrons. The standard InChI is InChI=1S/C53H34O2/c54-39-27-23-37(24-28-39)53(38-25-29-40(55)30-26-38)51-45(19-9-21-47(51)49-41-15-5-1-11-33(41)31-34-12-2-6-16-42(34)49)46-20-10-22-48(52(46)53)50-43-17-7-3-13-35(43)32-36-14-4-8-18-44(36)50/h1-32,54-55H. The zero-order valence-corrected chi connectivity index (χ0v) is 29.9. The molecule has 0 aromatic heterocycles. The topological polar surface area (TPSA) is 40.5 Å². The van der Waals surface area contributed by atoms with Crippen LogP contribution in [-0.4, -0.2) is 10.2 Å². The van der Waals surface area contributed by atoms with Gasteiger partial charge in [0.05, 0.1) is 5.41 Å². The minimum atomic E-state index is -0.866. The van der Waals surface area contributed by atoms with Gasteiger partial charge in [0, 0.05) is 0 Å². The van der Waals surface area contributed by atoms with Crippen LogP contribution in [0.2, 0.25) is 0 Å². The van der Waals surface area contributed by atoms with Gasteiger partial charge in [-0.3, -0.25) is 0 Å².